The predicted molar refractivity (Wildman–Crippen MR) is 99.4 cm³/mol. The second kappa shape index (κ2) is 9.30. The fourth-order valence-electron chi connectivity index (χ4n) is 2.48. The first-order valence-corrected chi connectivity index (χ1v) is 8.34. The van der Waals surface area contributed by atoms with E-state index < -0.39 is 0 Å². The van der Waals surface area contributed by atoms with Crippen molar-refractivity contribution in [1.29, 1.82) is 0 Å². The van der Waals surface area contributed by atoms with E-state index >= 15 is 0 Å². The Bertz CT molecular complexity index is 707. The summed E-state index contributed by atoms with van der Waals surface area (Å²) in [5, 5.41) is 3.38. The van der Waals surface area contributed by atoms with Crippen molar-refractivity contribution in [3.63, 3.8) is 0 Å². The van der Waals surface area contributed by atoms with Crippen LogP contribution in [0.3, 0.4) is 0 Å². The van der Waals surface area contributed by atoms with E-state index in [-0.39, 0.29) is 18.6 Å². The predicted octanol–water partition coefficient (Wildman–Crippen LogP) is 3.15. The first kappa shape index (κ1) is 19.1. The van der Waals surface area contributed by atoms with Gasteiger partial charge in [-0.1, -0.05) is 41.9 Å². The lowest BCUT2D eigenvalue weighted by Crippen LogP contribution is -2.37. The third-order valence-corrected chi connectivity index (χ3v) is 4.12. The molecule has 25 heavy (non-hydrogen) atoms. The summed E-state index contributed by atoms with van der Waals surface area (Å²) < 4.78 is 10.9. The number of benzene rings is 2. The molecule has 0 saturated carbocycles. The molecule has 0 heterocycles. The van der Waals surface area contributed by atoms with Gasteiger partial charge in [0.15, 0.2) is 6.61 Å². The average molecular weight is 363 g/mol. The monoisotopic (exact) mass is 362 g/mol. The van der Waals surface area contributed by atoms with E-state index in [1.807, 2.05) is 55.4 Å². The molecule has 0 saturated heterocycles. The van der Waals surface area contributed by atoms with Crippen molar-refractivity contribution in [1.82, 2.24) is 10.2 Å². The Morgan fingerprint density at radius 2 is 1.76 bits per heavy atom. The molecule has 1 N–H and O–H groups in total. The third kappa shape index (κ3) is 5.37. The standard InChI is InChI=1S/C19H23ClN2O3/c1-22(2)16(14-8-4-6-10-17(14)24-3)12-21-19(23)13-25-18-11-7-5-9-15(18)20/h4-11,16H,12-13H2,1-3H3,(H,21,23). The van der Waals surface area contributed by atoms with E-state index in [2.05, 4.69) is 5.32 Å². The van der Waals surface area contributed by atoms with Gasteiger partial charge in [0.2, 0.25) is 0 Å². The second-order valence-corrected chi connectivity index (χ2v) is 6.15. The fraction of sp³-hybridized carbons (Fsp3) is 0.316. The Labute approximate surface area is 153 Å². The van der Waals surface area contributed by atoms with Gasteiger partial charge in [0.1, 0.15) is 11.5 Å². The van der Waals surface area contributed by atoms with Crippen LogP contribution < -0.4 is 14.8 Å². The highest BCUT2D eigenvalue weighted by atomic mass is 35.5. The van der Waals surface area contributed by atoms with E-state index in [4.69, 9.17) is 21.1 Å². The average Bonchev–Trinajstić information content (AvgIpc) is 2.61. The number of halogens is 1. The molecule has 0 fully saturated rings. The third-order valence-electron chi connectivity index (χ3n) is 3.81. The molecule has 1 amide bonds. The minimum absolute atomic E-state index is 0.0135. The van der Waals surface area contributed by atoms with Crippen LogP contribution in [0.5, 0.6) is 11.5 Å². The van der Waals surface area contributed by atoms with Crippen LogP contribution >= 0.6 is 11.6 Å². The molecule has 134 valence electrons. The van der Waals surface area contributed by atoms with Crippen LogP contribution in [0.4, 0.5) is 0 Å². The maximum Gasteiger partial charge on any atom is 0.258 e. The van der Waals surface area contributed by atoms with Crippen molar-refractivity contribution >= 4 is 17.5 Å². The Balaban J connectivity index is 1.95. The molecule has 6 heteroatoms. The lowest BCUT2D eigenvalue weighted by Gasteiger charge is -2.26. The molecule has 2 rings (SSSR count). The molecular formula is C19H23ClN2O3. The van der Waals surface area contributed by atoms with E-state index in [9.17, 15) is 4.79 Å². The molecule has 5 nitrogen and oxygen atoms in total. The molecule has 1 atom stereocenters. The number of carbonyl (C=O) groups is 1. The molecular weight excluding hydrogens is 340 g/mol. The Kier molecular flexibility index (Phi) is 7.10. The molecule has 2 aromatic carbocycles. The SMILES string of the molecule is COc1ccccc1C(CNC(=O)COc1ccccc1Cl)N(C)C. The van der Waals surface area contributed by atoms with Crippen molar-refractivity contribution in [3.8, 4) is 11.5 Å². The first-order chi connectivity index (χ1) is 12.0. The molecule has 1 unspecified atom stereocenters. The molecule has 0 spiro atoms. The number of methoxy groups -OCH3 is 1. The van der Waals surface area contributed by atoms with Gasteiger partial charge in [-0.25, -0.2) is 0 Å². The lowest BCUT2D eigenvalue weighted by molar-refractivity contribution is -0.123. The zero-order valence-corrected chi connectivity index (χ0v) is 15.4. The molecule has 0 bridgehead atoms. The summed E-state index contributed by atoms with van der Waals surface area (Å²) >= 11 is 6.01. The van der Waals surface area contributed by atoms with Gasteiger partial charge in [-0.2, -0.15) is 0 Å². The van der Waals surface area contributed by atoms with Gasteiger partial charge in [-0.05, 0) is 32.3 Å². The molecule has 0 aliphatic heterocycles. The quantitative estimate of drug-likeness (QED) is 0.783. The van der Waals surface area contributed by atoms with Crippen LogP contribution in [0.2, 0.25) is 5.02 Å². The zero-order valence-electron chi connectivity index (χ0n) is 14.7. The number of amides is 1. The summed E-state index contributed by atoms with van der Waals surface area (Å²) in [5.41, 5.74) is 1.02. The Morgan fingerprint density at radius 3 is 2.40 bits per heavy atom. The summed E-state index contributed by atoms with van der Waals surface area (Å²) in [4.78, 5) is 14.1. The summed E-state index contributed by atoms with van der Waals surface area (Å²) in [6, 6.07) is 14.8. The van der Waals surface area contributed by atoms with E-state index in [0.717, 1.165) is 11.3 Å². The second-order valence-electron chi connectivity index (χ2n) is 5.74. The van der Waals surface area contributed by atoms with Crippen LogP contribution in [0.25, 0.3) is 0 Å². The molecule has 0 aromatic heterocycles. The van der Waals surface area contributed by atoms with Gasteiger partial charge in [0.25, 0.3) is 5.91 Å². The summed E-state index contributed by atoms with van der Waals surface area (Å²) in [5.74, 6) is 1.08. The number of ether oxygens (including phenoxy) is 2. The number of likely N-dealkylation sites (N-methyl/N-ethyl adjacent to an activating group) is 1. The molecule has 0 aliphatic rings. The number of carbonyl (C=O) groups excluding carboxylic acids is 1. The van der Waals surface area contributed by atoms with Gasteiger partial charge in [-0.15, -0.1) is 0 Å². The molecule has 0 radical (unpaired) electrons. The summed E-state index contributed by atoms with van der Waals surface area (Å²) in [7, 11) is 5.56. The highest BCUT2D eigenvalue weighted by Crippen LogP contribution is 2.27. The fourth-order valence-corrected chi connectivity index (χ4v) is 2.67. The molecule has 2 aromatic rings. The minimum Gasteiger partial charge on any atom is -0.496 e. The Hall–Kier alpha value is -2.24. The normalized spacial score (nSPS) is 11.9. The largest absolute Gasteiger partial charge is 0.496 e. The lowest BCUT2D eigenvalue weighted by atomic mass is 10.0. The highest BCUT2D eigenvalue weighted by Gasteiger charge is 2.19. The van der Waals surface area contributed by atoms with Crippen molar-refractivity contribution < 1.29 is 14.3 Å². The Morgan fingerprint density at radius 1 is 1.12 bits per heavy atom. The van der Waals surface area contributed by atoms with E-state index in [0.29, 0.717) is 17.3 Å². The smallest absolute Gasteiger partial charge is 0.258 e. The van der Waals surface area contributed by atoms with Crippen LogP contribution in [0, 0.1) is 0 Å². The van der Waals surface area contributed by atoms with Gasteiger partial charge in [0, 0.05) is 12.1 Å². The summed E-state index contributed by atoms with van der Waals surface area (Å²) in [6.07, 6.45) is 0. The van der Waals surface area contributed by atoms with E-state index in [1.165, 1.54) is 0 Å². The van der Waals surface area contributed by atoms with Crippen molar-refractivity contribution in [2.75, 3.05) is 34.4 Å². The van der Waals surface area contributed by atoms with Crippen molar-refractivity contribution in [2.24, 2.45) is 0 Å². The topological polar surface area (TPSA) is 50.8 Å². The summed E-state index contributed by atoms with van der Waals surface area (Å²) in [6.45, 7) is 0.355. The van der Waals surface area contributed by atoms with Crippen molar-refractivity contribution in [2.45, 2.75) is 6.04 Å². The maximum absolute atomic E-state index is 12.1. The van der Waals surface area contributed by atoms with Gasteiger partial charge in [0.05, 0.1) is 18.2 Å². The van der Waals surface area contributed by atoms with Crippen LogP contribution in [0.15, 0.2) is 48.5 Å². The van der Waals surface area contributed by atoms with Crippen molar-refractivity contribution in [3.05, 3.63) is 59.1 Å². The van der Waals surface area contributed by atoms with Gasteiger partial charge < -0.3 is 19.7 Å². The number of nitrogens with one attached hydrogen (secondary N) is 1. The number of hydrogen-bond donors (Lipinski definition) is 1. The van der Waals surface area contributed by atoms with Crippen LogP contribution in [-0.2, 0) is 4.79 Å². The highest BCUT2D eigenvalue weighted by molar-refractivity contribution is 6.32. The number of hydrogen-bond acceptors (Lipinski definition) is 4. The van der Waals surface area contributed by atoms with Crippen LogP contribution in [0.1, 0.15) is 11.6 Å². The maximum atomic E-state index is 12.1. The zero-order chi connectivity index (χ0) is 18.2. The van der Waals surface area contributed by atoms with E-state index in [1.54, 1.807) is 19.2 Å². The number of nitrogens with zero attached hydrogens (tertiary/aromatic N) is 1. The van der Waals surface area contributed by atoms with Gasteiger partial charge in [-0.3, -0.25) is 4.79 Å². The first-order valence-electron chi connectivity index (χ1n) is 7.96. The van der Waals surface area contributed by atoms with Crippen LogP contribution in [-0.4, -0.2) is 45.2 Å². The number of para-hydroxylation sites is 2. The number of rotatable bonds is 8. The minimum atomic E-state index is -0.207. The molecule has 0 aliphatic carbocycles. The van der Waals surface area contributed by atoms with Gasteiger partial charge >= 0.3 is 0 Å².